The standard InChI is InChI=1S/C22H19N3O4S2/c1-27-18-7-6-14(9-19(18)28-2)21-25-16(13-30-21)11-29-20(26)10-15-12-31-22(24-15)17-5-3-4-8-23-17/h3-9,12-13H,10-11H2,1-2H3. The maximum absolute atomic E-state index is 12.2. The molecule has 31 heavy (non-hydrogen) atoms. The SMILES string of the molecule is COc1ccc(-c2nc(COC(=O)Cc3csc(-c4ccccn4)n3)cs2)cc1OC. The van der Waals surface area contributed by atoms with Crippen LogP contribution >= 0.6 is 22.7 Å². The number of thiazole rings is 2. The second-order valence-electron chi connectivity index (χ2n) is 6.41. The molecule has 0 aliphatic carbocycles. The largest absolute Gasteiger partial charge is 0.493 e. The van der Waals surface area contributed by atoms with E-state index >= 15 is 0 Å². The molecule has 0 amide bonds. The lowest BCUT2D eigenvalue weighted by Crippen LogP contribution is -2.08. The number of rotatable bonds is 8. The molecule has 4 aromatic rings. The van der Waals surface area contributed by atoms with Gasteiger partial charge in [-0.3, -0.25) is 9.78 Å². The van der Waals surface area contributed by atoms with Crippen molar-refractivity contribution in [3.63, 3.8) is 0 Å². The molecule has 0 saturated carbocycles. The lowest BCUT2D eigenvalue weighted by atomic mass is 10.2. The van der Waals surface area contributed by atoms with Crippen molar-refractivity contribution >= 4 is 28.6 Å². The van der Waals surface area contributed by atoms with Crippen LogP contribution in [0.25, 0.3) is 21.3 Å². The lowest BCUT2D eigenvalue weighted by molar-refractivity contribution is -0.144. The van der Waals surface area contributed by atoms with Crippen molar-refractivity contribution in [2.75, 3.05) is 14.2 Å². The Morgan fingerprint density at radius 1 is 0.935 bits per heavy atom. The number of hydrogen-bond donors (Lipinski definition) is 0. The van der Waals surface area contributed by atoms with Gasteiger partial charge in [-0.05, 0) is 30.3 Å². The van der Waals surface area contributed by atoms with Crippen molar-refractivity contribution in [1.82, 2.24) is 15.0 Å². The van der Waals surface area contributed by atoms with E-state index in [4.69, 9.17) is 14.2 Å². The van der Waals surface area contributed by atoms with Crippen LogP contribution in [0.4, 0.5) is 0 Å². The van der Waals surface area contributed by atoms with Crippen molar-refractivity contribution in [2.45, 2.75) is 13.0 Å². The van der Waals surface area contributed by atoms with Crippen molar-refractivity contribution in [3.05, 3.63) is 64.7 Å². The Bertz CT molecular complexity index is 1170. The number of methoxy groups -OCH3 is 2. The van der Waals surface area contributed by atoms with Crippen LogP contribution in [0.3, 0.4) is 0 Å². The Kier molecular flexibility index (Phi) is 6.54. The van der Waals surface area contributed by atoms with Gasteiger partial charge in [-0.25, -0.2) is 9.97 Å². The minimum atomic E-state index is -0.349. The summed E-state index contributed by atoms with van der Waals surface area (Å²) in [4.78, 5) is 25.5. The van der Waals surface area contributed by atoms with E-state index in [1.807, 2.05) is 47.2 Å². The van der Waals surface area contributed by atoms with E-state index in [-0.39, 0.29) is 19.0 Å². The van der Waals surface area contributed by atoms with Crippen LogP contribution in [0.15, 0.2) is 53.4 Å². The molecule has 1 aromatic carbocycles. The maximum Gasteiger partial charge on any atom is 0.312 e. The zero-order valence-electron chi connectivity index (χ0n) is 16.9. The predicted octanol–water partition coefficient (Wildman–Crippen LogP) is 4.63. The smallest absolute Gasteiger partial charge is 0.312 e. The Morgan fingerprint density at radius 3 is 2.48 bits per heavy atom. The molecule has 3 aromatic heterocycles. The topological polar surface area (TPSA) is 83.4 Å². The summed E-state index contributed by atoms with van der Waals surface area (Å²) in [5.41, 5.74) is 3.05. The van der Waals surface area contributed by atoms with Gasteiger partial charge in [-0.2, -0.15) is 0 Å². The number of carbonyl (C=O) groups is 1. The van der Waals surface area contributed by atoms with E-state index < -0.39 is 0 Å². The number of hydrogen-bond acceptors (Lipinski definition) is 9. The summed E-state index contributed by atoms with van der Waals surface area (Å²) in [5.74, 6) is 0.945. The zero-order valence-corrected chi connectivity index (χ0v) is 18.5. The molecular weight excluding hydrogens is 434 g/mol. The highest BCUT2D eigenvalue weighted by atomic mass is 32.1. The average molecular weight is 454 g/mol. The molecular formula is C22H19N3O4S2. The van der Waals surface area contributed by atoms with Gasteiger partial charge in [-0.1, -0.05) is 6.07 Å². The predicted molar refractivity (Wildman–Crippen MR) is 119 cm³/mol. The van der Waals surface area contributed by atoms with Gasteiger partial charge < -0.3 is 14.2 Å². The normalized spacial score (nSPS) is 10.6. The molecule has 0 aliphatic rings. The molecule has 0 fully saturated rings. The van der Waals surface area contributed by atoms with Crippen molar-refractivity contribution < 1.29 is 19.0 Å². The van der Waals surface area contributed by atoms with Gasteiger partial charge in [-0.15, -0.1) is 22.7 Å². The molecule has 0 saturated heterocycles. The van der Waals surface area contributed by atoms with Crippen LogP contribution in [0, 0.1) is 0 Å². The first-order valence-corrected chi connectivity index (χ1v) is 11.1. The second-order valence-corrected chi connectivity index (χ2v) is 8.13. The summed E-state index contributed by atoms with van der Waals surface area (Å²) in [7, 11) is 3.19. The molecule has 0 unspecified atom stereocenters. The Morgan fingerprint density at radius 2 is 1.71 bits per heavy atom. The average Bonchev–Trinajstić information content (AvgIpc) is 3.48. The third kappa shape index (κ3) is 5.07. The molecule has 0 bridgehead atoms. The van der Waals surface area contributed by atoms with E-state index in [2.05, 4.69) is 15.0 Å². The van der Waals surface area contributed by atoms with Crippen molar-refractivity contribution in [2.24, 2.45) is 0 Å². The molecule has 0 N–H and O–H groups in total. The molecule has 9 heteroatoms. The first kappa shape index (κ1) is 21.0. The summed E-state index contributed by atoms with van der Waals surface area (Å²) in [6, 6.07) is 11.3. The van der Waals surface area contributed by atoms with Gasteiger partial charge in [0.2, 0.25) is 0 Å². The van der Waals surface area contributed by atoms with E-state index in [1.165, 1.54) is 22.7 Å². The Labute approximate surface area is 187 Å². The van der Waals surface area contributed by atoms with Gasteiger partial charge in [0.05, 0.1) is 37.7 Å². The third-order valence-corrected chi connectivity index (χ3v) is 6.18. The molecule has 4 rings (SSSR count). The molecule has 0 atom stereocenters. The van der Waals surface area contributed by atoms with Crippen LogP contribution in [-0.2, 0) is 22.6 Å². The summed E-state index contributed by atoms with van der Waals surface area (Å²) in [6.45, 7) is 0.111. The van der Waals surface area contributed by atoms with Crippen LogP contribution in [-0.4, -0.2) is 35.1 Å². The number of aromatic nitrogens is 3. The lowest BCUT2D eigenvalue weighted by Gasteiger charge is -2.08. The second kappa shape index (κ2) is 9.67. The van der Waals surface area contributed by atoms with Crippen LogP contribution in [0.1, 0.15) is 11.4 Å². The van der Waals surface area contributed by atoms with Gasteiger partial charge in [0.1, 0.15) is 16.6 Å². The number of carbonyl (C=O) groups excluding carboxylic acids is 1. The van der Waals surface area contributed by atoms with Crippen LogP contribution in [0.5, 0.6) is 11.5 Å². The third-order valence-electron chi connectivity index (χ3n) is 4.32. The van der Waals surface area contributed by atoms with Gasteiger partial charge in [0, 0.05) is 22.5 Å². The van der Waals surface area contributed by atoms with Crippen LogP contribution < -0.4 is 9.47 Å². The number of nitrogens with zero attached hydrogens (tertiary/aromatic N) is 3. The van der Waals surface area contributed by atoms with E-state index in [0.717, 1.165) is 21.3 Å². The molecule has 0 radical (unpaired) electrons. The minimum Gasteiger partial charge on any atom is -0.493 e. The van der Waals surface area contributed by atoms with Gasteiger partial charge in [0.15, 0.2) is 11.5 Å². The monoisotopic (exact) mass is 453 g/mol. The highest BCUT2D eigenvalue weighted by Gasteiger charge is 2.13. The van der Waals surface area contributed by atoms with E-state index in [0.29, 0.717) is 22.9 Å². The summed E-state index contributed by atoms with van der Waals surface area (Å²) in [5, 5.41) is 5.32. The quantitative estimate of drug-likeness (QED) is 0.360. The number of pyridine rings is 1. The van der Waals surface area contributed by atoms with Crippen LogP contribution in [0.2, 0.25) is 0 Å². The summed E-state index contributed by atoms with van der Waals surface area (Å²) in [6.07, 6.45) is 1.82. The summed E-state index contributed by atoms with van der Waals surface area (Å²) < 4.78 is 16.0. The fourth-order valence-electron chi connectivity index (χ4n) is 2.82. The molecule has 0 spiro atoms. The van der Waals surface area contributed by atoms with Gasteiger partial charge in [0.25, 0.3) is 0 Å². The first-order valence-electron chi connectivity index (χ1n) is 9.34. The molecule has 158 valence electrons. The Hall–Kier alpha value is -3.30. The summed E-state index contributed by atoms with van der Waals surface area (Å²) >= 11 is 2.93. The molecule has 0 aliphatic heterocycles. The number of benzene rings is 1. The van der Waals surface area contributed by atoms with E-state index in [1.54, 1.807) is 20.4 Å². The fraction of sp³-hybridized carbons (Fsp3) is 0.182. The highest BCUT2D eigenvalue weighted by molar-refractivity contribution is 7.13. The first-order chi connectivity index (χ1) is 15.2. The molecule has 7 nitrogen and oxygen atoms in total. The maximum atomic E-state index is 12.2. The fourth-order valence-corrected chi connectivity index (χ4v) is 4.42. The minimum absolute atomic E-state index is 0.107. The Balaban J connectivity index is 1.35. The number of ether oxygens (including phenoxy) is 3. The van der Waals surface area contributed by atoms with Gasteiger partial charge >= 0.3 is 5.97 Å². The van der Waals surface area contributed by atoms with E-state index in [9.17, 15) is 4.79 Å². The highest BCUT2D eigenvalue weighted by Crippen LogP contribution is 2.33. The van der Waals surface area contributed by atoms with Crippen molar-refractivity contribution in [1.29, 1.82) is 0 Å². The number of esters is 1. The molecule has 3 heterocycles. The zero-order chi connectivity index (χ0) is 21.6. The van der Waals surface area contributed by atoms with Crippen molar-refractivity contribution in [3.8, 4) is 32.8 Å².